The van der Waals surface area contributed by atoms with Crippen molar-refractivity contribution >= 4 is 34.8 Å². The number of aryl methyl sites for hydroxylation is 1. The zero-order valence-corrected chi connectivity index (χ0v) is 24.5. The van der Waals surface area contributed by atoms with Crippen LogP contribution in [0.15, 0.2) is 95.8 Å². The zero-order chi connectivity index (χ0) is 31.5. The fourth-order valence-electron chi connectivity index (χ4n) is 5.33. The molecule has 3 heterocycles. The summed E-state index contributed by atoms with van der Waals surface area (Å²) in [6, 6.07) is 25.4. The zero-order valence-electron chi connectivity index (χ0n) is 24.5. The molecule has 11 heteroatoms. The molecule has 2 aromatic heterocycles. The topological polar surface area (TPSA) is 138 Å². The fourth-order valence-corrected chi connectivity index (χ4v) is 5.33. The Labute approximate surface area is 258 Å². The standard InChI is InChI=1S/C34H30N6O5/c1-22-28-15-16-29(41)40(27-13-11-24(12-14-27)31(42)35-21-23-7-9-26(10-8-23)33(44)45)30(28)37-34(36-22)39-19-17-38(18-20-39)32(43)25-5-3-2-4-6-25/h2-16H,17-21H2,1H3,(H,35,42)(H,44,45). The van der Waals surface area contributed by atoms with Crippen LogP contribution in [0.5, 0.6) is 0 Å². The molecule has 6 rings (SSSR count). The summed E-state index contributed by atoms with van der Waals surface area (Å²) in [4.78, 5) is 63.3. The Morgan fingerprint density at radius 2 is 1.44 bits per heavy atom. The number of hydrogen-bond acceptors (Lipinski definition) is 7. The van der Waals surface area contributed by atoms with E-state index in [2.05, 4.69) is 5.32 Å². The number of anilines is 1. The largest absolute Gasteiger partial charge is 0.478 e. The Hall–Kier alpha value is -5.84. The first kappa shape index (κ1) is 29.2. The number of aromatic carboxylic acids is 1. The van der Waals surface area contributed by atoms with Crippen LogP contribution in [0.3, 0.4) is 0 Å². The summed E-state index contributed by atoms with van der Waals surface area (Å²) in [6.45, 7) is 4.25. The van der Waals surface area contributed by atoms with Crippen LogP contribution in [0.2, 0.25) is 0 Å². The van der Waals surface area contributed by atoms with Crippen molar-refractivity contribution in [2.75, 3.05) is 31.1 Å². The molecule has 45 heavy (non-hydrogen) atoms. The third-order valence-electron chi connectivity index (χ3n) is 7.84. The molecule has 2 N–H and O–H groups in total. The lowest BCUT2D eigenvalue weighted by atomic mass is 10.1. The van der Waals surface area contributed by atoms with Crippen LogP contribution >= 0.6 is 0 Å². The molecule has 0 bridgehead atoms. The third-order valence-corrected chi connectivity index (χ3v) is 7.84. The molecule has 1 saturated heterocycles. The van der Waals surface area contributed by atoms with Gasteiger partial charge in [0.05, 0.1) is 16.9 Å². The maximum atomic E-state index is 13.2. The van der Waals surface area contributed by atoms with Crippen LogP contribution < -0.4 is 15.8 Å². The van der Waals surface area contributed by atoms with Crippen molar-refractivity contribution in [3.05, 3.63) is 129 Å². The van der Waals surface area contributed by atoms with Crippen LogP contribution in [0.1, 0.15) is 42.3 Å². The lowest BCUT2D eigenvalue weighted by Crippen LogP contribution is -2.49. The van der Waals surface area contributed by atoms with Gasteiger partial charge in [0.25, 0.3) is 17.4 Å². The minimum Gasteiger partial charge on any atom is -0.478 e. The van der Waals surface area contributed by atoms with Crippen LogP contribution in [-0.2, 0) is 6.54 Å². The molecule has 11 nitrogen and oxygen atoms in total. The van der Waals surface area contributed by atoms with Crippen LogP contribution in [-0.4, -0.2) is 68.5 Å². The molecule has 3 aromatic carbocycles. The van der Waals surface area contributed by atoms with Gasteiger partial charge in [-0.1, -0.05) is 30.3 Å². The average molecular weight is 603 g/mol. The van der Waals surface area contributed by atoms with E-state index in [-0.39, 0.29) is 29.5 Å². The van der Waals surface area contributed by atoms with E-state index in [0.29, 0.717) is 54.6 Å². The number of amides is 2. The van der Waals surface area contributed by atoms with E-state index < -0.39 is 5.97 Å². The number of fused-ring (bicyclic) bond motifs is 1. The molecular formula is C34H30N6O5. The lowest BCUT2D eigenvalue weighted by Gasteiger charge is -2.35. The minimum absolute atomic E-state index is 0.00813. The summed E-state index contributed by atoms with van der Waals surface area (Å²) >= 11 is 0. The Morgan fingerprint density at radius 1 is 0.778 bits per heavy atom. The molecular weight excluding hydrogens is 572 g/mol. The Kier molecular flexibility index (Phi) is 8.06. The number of carboxylic acids is 1. The molecule has 0 atom stereocenters. The predicted molar refractivity (Wildman–Crippen MR) is 169 cm³/mol. The second kappa shape index (κ2) is 12.4. The van der Waals surface area contributed by atoms with E-state index >= 15 is 0 Å². The maximum absolute atomic E-state index is 13.2. The number of benzene rings is 3. The van der Waals surface area contributed by atoms with E-state index in [1.807, 2.05) is 47.1 Å². The molecule has 226 valence electrons. The number of carbonyl (C=O) groups excluding carboxylic acids is 2. The number of aromatic nitrogens is 3. The summed E-state index contributed by atoms with van der Waals surface area (Å²) in [5.41, 5.74) is 3.46. The maximum Gasteiger partial charge on any atom is 0.335 e. The smallest absolute Gasteiger partial charge is 0.335 e. The highest BCUT2D eigenvalue weighted by atomic mass is 16.4. The number of rotatable bonds is 7. The monoisotopic (exact) mass is 602 g/mol. The molecule has 0 aliphatic carbocycles. The van der Waals surface area contributed by atoms with E-state index in [9.17, 15) is 19.2 Å². The molecule has 1 aliphatic rings. The minimum atomic E-state index is -1.01. The highest BCUT2D eigenvalue weighted by Crippen LogP contribution is 2.22. The number of carbonyl (C=O) groups is 3. The number of pyridine rings is 1. The quantitative estimate of drug-likeness (QED) is 0.288. The normalized spacial score (nSPS) is 13.1. The fraction of sp³-hybridized carbons (Fsp3) is 0.176. The van der Waals surface area contributed by atoms with Crippen LogP contribution in [0, 0.1) is 6.92 Å². The van der Waals surface area contributed by atoms with Crippen molar-refractivity contribution in [1.82, 2.24) is 24.8 Å². The Bertz CT molecular complexity index is 1950. The van der Waals surface area contributed by atoms with Crippen molar-refractivity contribution in [1.29, 1.82) is 0 Å². The molecule has 0 saturated carbocycles. The molecule has 1 fully saturated rings. The van der Waals surface area contributed by atoms with Crippen molar-refractivity contribution in [3.63, 3.8) is 0 Å². The van der Waals surface area contributed by atoms with E-state index in [1.165, 1.54) is 22.8 Å². The van der Waals surface area contributed by atoms with E-state index in [4.69, 9.17) is 15.1 Å². The number of nitrogens with zero attached hydrogens (tertiary/aromatic N) is 5. The lowest BCUT2D eigenvalue weighted by molar-refractivity contribution is 0.0695. The highest BCUT2D eigenvalue weighted by molar-refractivity contribution is 5.95. The van der Waals surface area contributed by atoms with Crippen molar-refractivity contribution < 1.29 is 19.5 Å². The molecule has 1 aliphatic heterocycles. The van der Waals surface area contributed by atoms with Gasteiger partial charge in [0, 0.05) is 55.3 Å². The summed E-state index contributed by atoms with van der Waals surface area (Å²) in [5, 5.41) is 12.6. The second-order valence-electron chi connectivity index (χ2n) is 10.7. The SMILES string of the molecule is Cc1nc(N2CCN(C(=O)c3ccccc3)CC2)nc2c1ccc(=O)n2-c1ccc(C(=O)NCc2ccc(C(=O)O)cc2)cc1. The summed E-state index contributed by atoms with van der Waals surface area (Å²) in [7, 11) is 0. The van der Waals surface area contributed by atoms with Gasteiger partial charge in [-0.3, -0.25) is 19.0 Å². The summed E-state index contributed by atoms with van der Waals surface area (Å²) in [6.07, 6.45) is 0. The van der Waals surface area contributed by atoms with Gasteiger partial charge in [-0.2, -0.15) is 4.98 Å². The van der Waals surface area contributed by atoms with E-state index in [0.717, 1.165) is 16.6 Å². The first-order valence-electron chi connectivity index (χ1n) is 14.5. The summed E-state index contributed by atoms with van der Waals surface area (Å²) in [5.74, 6) is -0.840. The Morgan fingerprint density at radius 3 is 2.11 bits per heavy atom. The average Bonchev–Trinajstić information content (AvgIpc) is 3.07. The Balaban J connectivity index is 1.20. The first-order chi connectivity index (χ1) is 21.8. The second-order valence-corrected chi connectivity index (χ2v) is 10.7. The molecule has 0 spiro atoms. The number of hydrogen-bond donors (Lipinski definition) is 2. The molecule has 0 radical (unpaired) electrons. The van der Waals surface area contributed by atoms with Gasteiger partial charge in [-0.15, -0.1) is 0 Å². The predicted octanol–water partition coefficient (Wildman–Crippen LogP) is 3.68. The van der Waals surface area contributed by atoms with Gasteiger partial charge in [0.2, 0.25) is 5.95 Å². The molecule has 5 aromatic rings. The number of nitrogens with one attached hydrogen (secondary N) is 1. The van der Waals surface area contributed by atoms with Gasteiger partial charge in [-0.25, -0.2) is 9.78 Å². The van der Waals surface area contributed by atoms with Crippen molar-refractivity contribution in [3.8, 4) is 5.69 Å². The van der Waals surface area contributed by atoms with Crippen LogP contribution in [0.25, 0.3) is 16.7 Å². The number of carboxylic acid groups (broad SMARTS) is 1. The highest BCUT2D eigenvalue weighted by Gasteiger charge is 2.24. The molecule has 0 unspecified atom stereocenters. The van der Waals surface area contributed by atoms with Crippen molar-refractivity contribution in [2.45, 2.75) is 13.5 Å². The van der Waals surface area contributed by atoms with E-state index in [1.54, 1.807) is 42.5 Å². The third kappa shape index (κ3) is 6.14. The van der Waals surface area contributed by atoms with Crippen LogP contribution in [0.4, 0.5) is 5.95 Å². The first-order valence-corrected chi connectivity index (χ1v) is 14.5. The summed E-state index contributed by atoms with van der Waals surface area (Å²) < 4.78 is 1.51. The number of piperazine rings is 1. The molecule has 2 amide bonds. The van der Waals surface area contributed by atoms with Gasteiger partial charge >= 0.3 is 5.97 Å². The van der Waals surface area contributed by atoms with Gasteiger partial charge in [0.15, 0.2) is 5.65 Å². The van der Waals surface area contributed by atoms with Gasteiger partial charge < -0.3 is 20.2 Å². The van der Waals surface area contributed by atoms with Crippen molar-refractivity contribution in [2.24, 2.45) is 0 Å². The van der Waals surface area contributed by atoms with Gasteiger partial charge in [0.1, 0.15) is 0 Å². The van der Waals surface area contributed by atoms with Gasteiger partial charge in [-0.05, 0) is 67.1 Å².